The minimum absolute atomic E-state index is 0.0550. The van der Waals surface area contributed by atoms with Crippen molar-refractivity contribution in [3.05, 3.63) is 53.7 Å². The molecule has 240 valence electrons. The Hall–Kier alpha value is -3.56. The van der Waals surface area contributed by atoms with Gasteiger partial charge in [0.05, 0.1) is 39.5 Å². The molecule has 0 radical (unpaired) electrons. The number of fused-ring (bicyclic) bond motifs is 1. The lowest BCUT2D eigenvalue weighted by atomic mass is 10.0. The minimum atomic E-state index is -2.61. The molecule has 2 aliphatic heterocycles. The number of nitrogens with one attached hydrogen (secondary N) is 1. The van der Waals surface area contributed by atoms with E-state index < -0.39 is 16.6 Å². The van der Waals surface area contributed by atoms with E-state index in [0.29, 0.717) is 60.9 Å². The van der Waals surface area contributed by atoms with Gasteiger partial charge in [-0.2, -0.15) is 15.7 Å². The fourth-order valence-electron chi connectivity index (χ4n) is 5.94. The lowest BCUT2D eigenvalue weighted by molar-refractivity contribution is -0.133. The van der Waals surface area contributed by atoms with Crippen LogP contribution in [0.2, 0.25) is 0 Å². The van der Waals surface area contributed by atoms with Crippen molar-refractivity contribution in [1.82, 2.24) is 34.7 Å². The van der Waals surface area contributed by atoms with Crippen LogP contribution < -0.4 is 10.2 Å². The molecule has 2 unspecified atom stereocenters. The summed E-state index contributed by atoms with van der Waals surface area (Å²) in [5.74, 6) is 0.664. The molecule has 2 atom stereocenters. The van der Waals surface area contributed by atoms with Crippen molar-refractivity contribution in [2.75, 3.05) is 55.7 Å². The summed E-state index contributed by atoms with van der Waals surface area (Å²) in [5.41, 5.74) is 3.12. The van der Waals surface area contributed by atoms with Gasteiger partial charge in [0, 0.05) is 44.0 Å². The molecule has 0 saturated carbocycles. The summed E-state index contributed by atoms with van der Waals surface area (Å²) in [7, 11) is -2.61. The second-order valence-corrected chi connectivity index (χ2v) is 14.9. The number of carbonyl (C=O) groups is 2. The van der Waals surface area contributed by atoms with Gasteiger partial charge in [-0.3, -0.25) is 23.6 Å². The molecule has 14 heteroatoms. The molecule has 0 spiro atoms. The van der Waals surface area contributed by atoms with Gasteiger partial charge in [0.15, 0.2) is 5.65 Å². The molecular weight excluding hydrogens is 613 g/mol. The van der Waals surface area contributed by atoms with Gasteiger partial charge < -0.3 is 15.1 Å². The lowest BCUT2D eigenvalue weighted by Gasteiger charge is -2.46. The van der Waals surface area contributed by atoms with Gasteiger partial charge in [-0.05, 0) is 56.1 Å². The van der Waals surface area contributed by atoms with Crippen LogP contribution in [0.15, 0.2) is 48.1 Å². The number of pyridine rings is 1. The molecule has 3 N–H and O–H groups in total. The summed E-state index contributed by atoms with van der Waals surface area (Å²) in [4.78, 5) is 44.0. The topological polar surface area (TPSA) is 139 Å². The van der Waals surface area contributed by atoms with Gasteiger partial charge in [-0.25, -0.2) is 14.5 Å². The van der Waals surface area contributed by atoms with Crippen molar-refractivity contribution in [2.24, 2.45) is 0 Å². The molecule has 2 amide bonds. The minimum Gasteiger partial charge on any atom is -0.350 e. The van der Waals surface area contributed by atoms with Gasteiger partial charge >= 0.3 is 0 Å². The second-order valence-electron chi connectivity index (χ2n) is 11.5. The number of hydrogen-bond acceptors (Lipinski definition) is 10. The van der Waals surface area contributed by atoms with Crippen LogP contribution in [0.3, 0.4) is 0 Å². The number of amides is 2. The van der Waals surface area contributed by atoms with Crippen LogP contribution in [0.5, 0.6) is 0 Å². The SMILES string of the molecule is CCN(CC)C(C)CNC(=O)c1cc(-c2cnn3ccc(-c4cccs4)nc23)nc(N2CCC2C(=O)N2CCS(O)(O)CC2)c1. The van der Waals surface area contributed by atoms with Crippen LogP contribution in [0.4, 0.5) is 5.82 Å². The van der Waals surface area contributed by atoms with Gasteiger partial charge in [0.2, 0.25) is 5.91 Å². The molecule has 45 heavy (non-hydrogen) atoms. The first-order valence-corrected chi connectivity index (χ1v) is 18.2. The number of nitrogens with zero attached hydrogens (tertiary/aromatic N) is 7. The van der Waals surface area contributed by atoms with Crippen molar-refractivity contribution < 1.29 is 18.7 Å². The van der Waals surface area contributed by atoms with Crippen molar-refractivity contribution in [1.29, 1.82) is 0 Å². The zero-order valence-electron chi connectivity index (χ0n) is 25.8. The standard InChI is InChI=1S/C31H40N8O4S2/c1-4-36(5-2)21(3)19-32-30(40)22-17-25(23-20-33-39-11-8-24(35-29(23)39)27-7-6-14-44-27)34-28(18-22)38-10-9-26(38)31(41)37-12-15-45(42,43)16-13-37/h6-8,11,14,17-18,20-21,26,42-43H,4-5,9-10,12-13,15-16,19H2,1-3H3,(H,32,40). The van der Waals surface area contributed by atoms with E-state index in [0.717, 1.165) is 23.7 Å². The smallest absolute Gasteiger partial charge is 0.251 e. The van der Waals surface area contributed by atoms with Crippen LogP contribution in [0.1, 0.15) is 37.6 Å². The Balaban J connectivity index is 1.33. The summed E-state index contributed by atoms with van der Waals surface area (Å²) in [6.07, 6.45) is 4.23. The second kappa shape index (κ2) is 13.0. The van der Waals surface area contributed by atoms with Crippen LogP contribution in [-0.4, -0.2) is 113 Å². The molecule has 12 nitrogen and oxygen atoms in total. The van der Waals surface area contributed by atoms with Crippen molar-refractivity contribution >= 4 is 45.2 Å². The van der Waals surface area contributed by atoms with E-state index in [4.69, 9.17) is 9.97 Å². The molecule has 6 rings (SSSR count). The Morgan fingerprint density at radius 2 is 1.89 bits per heavy atom. The average Bonchev–Trinajstić information content (AvgIpc) is 3.70. The number of rotatable bonds is 10. The van der Waals surface area contributed by atoms with E-state index in [-0.39, 0.29) is 29.4 Å². The fraction of sp³-hybridized carbons (Fsp3) is 0.452. The number of carbonyl (C=O) groups excluding carboxylic acids is 2. The third-order valence-corrected chi connectivity index (χ3v) is 11.3. The summed E-state index contributed by atoms with van der Waals surface area (Å²) >= 11 is 1.61. The molecule has 2 saturated heterocycles. The van der Waals surface area contributed by atoms with Crippen LogP contribution in [0, 0.1) is 0 Å². The van der Waals surface area contributed by atoms with E-state index in [9.17, 15) is 18.7 Å². The Labute approximate surface area is 268 Å². The van der Waals surface area contributed by atoms with Crippen molar-refractivity contribution in [3.8, 4) is 21.8 Å². The maximum absolute atomic E-state index is 13.6. The van der Waals surface area contributed by atoms with Crippen molar-refractivity contribution in [2.45, 2.75) is 39.3 Å². The normalized spacial score (nSPS) is 19.4. The van der Waals surface area contributed by atoms with Gasteiger partial charge in [0.25, 0.3) is 5.91 Å². The monoisotopic (exact) mass is 652 g/mol. The van der Waals surface area contributed by atoms with Crippen LogP contribution in [-0.2, 0) is 4.79 Å². The first-order valence-electron chi connectivity index (χ1n) is 15.4. The van der Waals surface area contributed by atoms with E-state index in [1.54, 1.807) is 39.1 Å². The number of likely N-dealkylation sites (N-methyl/N-ethyl adjacent to an activating group) is 1. The molecule has 0 aliphatic carbocycles. The predicted molar refractivity (Wildman–Crippen MR) is 179 cm³/mol. The highest BCUT2D eigenvalue weighted by Gasteiger charge is 2.39. The fourth-order valence-corrected chi connectivity index (χ4v) is 7.86. The third kappa shape index (κ3) is 6.56. The number of thiophene rings is 1. The largest absolute Gasteiger partial charge is 0.350 e. The Morgan fingerprint density at radius 1 is 1.11 bits per heavy atom. The molecule has 2 aliphatic rings. The van der Waals surface area contributed by atoms with E-state index in [1.807, 2.05) is 34.7 Å². The highest BCUT2D eigenvalue weighted by atomic mass is 32.3. The first kappa shape index (κ1) is 31.4. The lowest BCUT2D eigenvalue weighted by Crippen LogP contribution is -2.59. The predicted octanol–water partition coefficient (Wildman–Crippen LogP) is 4.15. The zero-order chi connectivity index (χ0) is 31.7. The van der Waals surface area contributed by atoms with Gasteiger partial charge in [-0.1, -0.05) is 19.9 Å². The van der Waals surface area contributed by atoms with Crippen LogP contribution >= 0.6 is 21.9 Å². The molecule has 0 bridgehead atoms. The van der Waals surface area contributed by atoms with Gasteiger partial charge in [0.1, 0.15) is 11.9 Å². The van der Waals surface area contributed by atoms with Crippen molar-refractivity contribution in [3.63, 3.8) is 0 Å². The quantitative estimate of drug-likeness (QED) is 0.231. The Kier molecular flexibility index (Phi) is 9.11. The average molecular weight is 653 g/mol. The Bertz CT molecular complexity index is 1660. The van der Waals surface area contributed by atoms with E-state index in [2.05, 4.69) is 36.1 Å². The number of aromatic nitrogens is 4. The summed E-state index contributed by atoms with van der Waals surface area (Å²) in [5, 5.41) is 9.62. The molecule has 4 aromatic rings. The van der Waals surface area contributed by atoms with Crippen LogP contribution in [0.25, 0.3) is 27.5 Å². The summed E-state index contributed by atoms with van der Waals surface area (Å²) in [6, 6.07) is 9.19. The first-order chi connectivity index (χ1) is 21.7. The molecule has 4 aromatic heterocycles. The molecular formula is C31H40N8O4S2. The molecule has 2 fully saturated rings. The third-order valence-electron chi connectivity index (χ3n) is 8.77. The number of hydrogen-bond donors (Lipinski definition) is 3. The molecule has 6 heterocycles. The maximum Gasteiger partial charge on any atom is 0.251 e. The highest BCUT2D eigenvalue weighted by molar-refractivity contribution is 8.24. The number of anilines is 1. The Morgan fingerprint density at radius 3 is 2.56 bits per heavy atom. The van der Waals surface area contributed by atoms with E-state index in [1.165, 1.54) is 0 Å². The summed E-state index contributed by atoms with van der Waals surface area (Å²) < 4.78 is 21.8. The molecule has 0 aromatic carbocycles. The summed E-state index contributed by atoms with van der Waals surface area (Å²) in [6.45, 7) is 9.85. The maximum atomic E-state index is 13.6. The zero-order valence-corrected chi connectivity index (χ0v) is 27.4. The van der Waals surface area contributed by atoms with E-state index >= 15 is 0 Å². The highest BCUT2D eigenvalue weighted by Crippen LogP contribution is 2.41. The van der Waals surface area contributed by atoms with Gasteiger partial charge in [-0.15, -0.1) is 11.3 Å².